The second kappa shape index (κ2) is 6.87. The topological polar surface area (TPSA) is 50.9 Å². The number of fused-ring (bicyclic) bond motifs is 3. The molecule has 6 nitrogen and oxygen atoms in total. The van der Waals surface area contributed by atoms with Gasteiger partial charge in [-0.2, -0.15) is 0 Å². The first-order chi connectivity index (χ1) is 13.7. The molecule has 2 atom stereocenters. The molecule has 0 N–H and O–H groups in total. The number of aromatic nitrogens is 1. The SMILES string of the molecule is COc1ccc(CN2C(=O)c3cccn3[C@@H]3CN(Cc4ccco4)C[C@H]32)cc1. The fourth-order valence-electron chi connectivity index (χ4n) is 4.46. The van der Waals surface area contributed by atoms with Crippen LogP contribution in [0.5, 0.6) is 5.75 Å². The van der Waals surface area contributed by atoms with Crippen LogP contribution >= 0.6 is 0 Å². The van der Waals surface area contributed by atoms with E-state index in [9.17, 15) is 4.79 Å². The van der Waals surface area contributed by atoms with Gasteiger partial charge >= 0.3 is 0 Å². The maximum atomic E-state index is 13.2. The number of nitrogens with zero attached hydrogens (tertiary/aromatic N) is 3. The Balaban J connectivity index is 1.42. The van der Waals surface area contributed by atoms with E-state index in [0.29, 0.717) is 6.54 Å². The Morgan fingerprint density at radius 3 is 2.61 bits per heavy atom. The van der Waals surface area contributed by atoms with E-state index in [1.807, 2.05) is 59.6 Å². The first-order valence-corrected chi connectivity index (χ1v) is 9.58. The summed E-state index contributed by atoms with van der Waals surface area (Å²) in [7, 11) is 1.66. The minimum atomic E-state index is 0.0990. The molecule has 1 saturated heterocycles. The molecule has 0 aliphatic carbocycles. The summed E-state index contributed by atoms with van der Waals surface area (Å²) in [6.45, 7) is 3.11. The number of hydrogen-bond donors (Lipinski definition) is 0. The Hall–Kier alpha value is -2.99. The van der Waals surface area contributed by atoms with Gasteiger partial charge in [-0.3, -0.25) is 9.69 Å². The van der Waals surface area contributed by atoms with Gasteiger partial charge in [0.25, 0.3) is 5.91 Å². The third-order valence-corrected chi connectivity index (χ3v) is 5.82. The number of likely N-dealkylation sites (tertiary alicyclic amines) is 1. The summed E-state index contributed by atoms with van der Waals surface area (Å²) in [6.07, 6.45) is 3.74. The van der Waals surface area contributed by atoms with Crippen LogP contribution in [0.2, 0.25) is 0 Å². The van der Waals surface area contributed by atoms with Crippen LogP contribution < -0.4 is 4.74 Å². The molecular weight excluding hydrogens is 354 g/mol. The Kier molecular flexibility index (Phi) is 4.20. The lowest BCUT2D eigenvalue weighted by molar-refractivity contribution is 0.0556. The van der Waals surface area contributed by atoms with E-state index in [2.05, 4.69) is 9.47 Å². The van der Waals surface area contributed by atoms with Crippen molar-refractivity contribution < 1.29 is 13.9 Å². The molecule has 0 saturated carbocycles. The molecule has 0 bridgehead atoms. The highest BCUT2D eigenvalue weighted by atomic mass is 16.5. The molecule has 2 aromatic heterocycles. The van der Waals surface area contributed by atoms with Crippen molar-refractivity contribution in [3.05, 3.63) is 78.0 Å². The van der Waals surface area contributed by atoms with Crippen molar-refractivity contribution in [2.24, 2.45) is 0 Å². The predicted molar refractivity (Wildman–Crippen MR) is 104 cm³/mol. The second-order valence-corrected chi connectivity index (χ2v) is 7.49. The van der Waals surface area contributed by atoms with Crippen molar-refractivity contribution in [2.45, 2.75) is 25.2 Å². The predicted octanol–water partition coefficient (Wildman–Crippen LogP) is 3.17. The normalized spacial score (nSPS) is 21.6. The van der Waals surface area contributed by atoms with Crippen LogP contribution in [0.15, 0.2) is 65.4 Å². The monoisotopic (exact) mass is 377 g/mol. The highest BCUT2D eigenvalue weighted by molar-refractivity contribution is 5.94. The van der Waals surface area contributed by atoms with Gasteiger partial charge in [-0.05, 0) is 42.0 Å². The zero-order chi connectivity index (χ0) is 19.1. The molecule has 2 aliphatic heterocycles. The van der Waals surface area contributed by atoms with Crippen molar-refractivity contribution in [1.29, 1.82) is 0 Å². The minimum Gasteiger partial charge on any atom is -0.497 e. The third-order valence-electron chi connectivity index (χ3n) is 5.82. The first kappa shape index (κ1) is 17.1. The van der Waals surface area contributed by atoms with E-state index < -0.39 is 0 Å². The smallest absolute Gasteiger partial charge is 0.271 e. The van der Waals surface area contributed by atoms with E-state index in [-0.39, 0.29) is 18.0 Å². The van der Waals surface area contributed by atoms with Crippen molar-refractivity contribution in [1.82, 2.24) is 14.4 Å². The number of carbonyl (C=O) groups excluding carboxylic acids is 1. The van der Waals surface area contributed by atoms with Crippen molar-refractivity contribution in [3.8, 4) is 5.75 Å². The summed E-state index contributed by atoms with van der Waals surface area (Å²) in [6, 6.07) is 16.2. The number of carbonyl (C=O) groups is 1. The fraction of sp³-hybridized carbons (Fsp3) is 0.318. The van der Waals surface area contributed by atoms with Crippen molar-refractivity contribution >= 4 is 5.91 Å². The van der Waals surface area contributed by atoms with Gasteiger partial charge in [0.15, 0.2) is 0 Å². The van der Waals surface area contributed by atoms with Crippen LogP contribution in [0.4, 0.5) is 0 Å². The molecule has 28 heavy (non-hydrogen) atoms. The zero-order valence-corrected chi connectivity index (χ0v) is 15.8. The van der Waals surface area contributed by atoms with Crippen LogP contribution in [-0.4, -0.2) is 46.5 Å². The van der Waals surface area contributed by atoms with Crippen LogP contribution in [0.25, 0.3) is 0 Å². The fourth-order valence-corrected chi connectivity index (χ4v) is 4.46. The van der Waals surface area contributed by atoms with Gasteiger partial charge in [-0.25, -0.2) is 0 Å². The third kappa shape index (κ3) is 2.90. The molecule has 0 unspecified atom stereocenters. The van der Waals surface area contributed by atoms with Gasteiger partial charge in [-0.1, -0.05) is 12.1 Å². The highest BCUT2D eigenvalue weighted by Crippen LogP contribution is 2.35. The molecule has 0 spiro atoms. The zero-order valence-electron chi connectivity index (χ0n) is 15.8. The summed E-state index contributed by atoms with van der Waals surface area (Å²) in [5.41, 5.74) is 1.88. The lowest BCUT2D eigenvalue weighted by Gasteiger charge is -2.38. The highest BCUT2D eigenvalue weighted by Gasteiger charge is 2.44. The van der Waals surface area contributed by atoms with Crippen LogP contribution in [0.3, 0.4) is 0 Å². The maximum absolute atomic E-state index is 13.2. The molecule has 6 heteroatoms. The van der Waals surface area contributed by atoms with E-state index in [4.69, 9.17) is 9.15 Å². The maximum Gasteiger partial charge on any atom is 0.271 e. The molecule has 1 aromatic carbocycles. The summed E-state index contributed by atoms with van der Waals surface area (Å²) < 4.78 is 12.9. The van der Waals surface area contributed by atoms with Gasteiger partial charge in [0.1, 0.15) is 17.2 Å². The van der Waals surface area contributed by atoms with E-state index in [1.54, 1.807) is 13.4 Å². The Bertz CT molecular complexity index is 961. The Morgan fingerprint density at radius 2 is 1.86 bits per heavy atom. The summed E-state index contributed by atoms with van der Waals surface area (Å²) in [4.78, 5) is 17.6. The molecule has 1 fully saturated rings. The number of rotatable bonds is 5. The van der Waals surface area contributed by atoms with Gasteiger partial charge in [0.05, 0.1) is 32.0 Å². The average molecular weight is 377 g/mol. The average Bonchev–Trinajstić information content (AvgIpc) is 3.46. The van der Waals surface area contributed by atoms with Crippen LogP contribution in [0, 0.1) is 0 Å². The number of ether oxygens (including phenoxy) is 1. The second-order valence-electron chi connectivity index (χ2n) is 7.49. The lowest BCUT2D eigenvalue weighted by atomic mass is 10.0. The van der Waals surface area contributed by atoms with Gasteiger partial charge in [0, 0.05) is 25.8 Å². The Labute approximate surface area is 163 Å². The summed E-state index contributed by atoms with van der Waals surface area (Å²) >= 11 is 0. The molecule has 4 heterocycles. The number of benzene rings is 1. The molecule has 2 aliphatic rings. The molecule has 5 rings (SSSR count). The number of amides is 1. The number of methoxy groups -OCH3 is 1. The molecule has 1 amide bonds. The summed E-state index contributed by atoms with van der Waals surface area (Å²) in [5, 5.41) is 0. The van der Waals surface area contributed by atoms with Gasteiger partial charge < -0.3 is 18.6 Å². The summed E-state index contributed by atoms with van der Waals surface area (Å²) in [5.74, 6) is 1.88. The quantitative estimate of drug-likeness (QED) is 0.685. The first-order valence-electron chi connectivity index (χ1n) is 9.58. The molecular formula is C22H23N3O3. The van der Waals surface area contributed by atoms with Gasteiger partial charge in [-0.15, -0.1) is 0 Å². The molecule has 144 valence electrons. The van der Waals surface area contributed by atoms with Crippen molar-refractivity contribution in [3.63, 3.8) is 0 Å². The lowest BCUT2D eigenvalue weighted by Crippen LogP contribution is -2.49. The number of hydrogen-bond acceptors (Lipinski definition) is 4. The van der Waals surface area contributed by atoms with Crippen LogP contribution in [0.1, 0.15) is 27.9 Å². The van der Waals surface area contributed by atoms with E-state index >= 15 is 0 Å². The van der Waals surface area contributed by atoms with Crippen molar-refractivity contribution in [2.75, 3.05) is 20.2 Å². The van der Waals surface area contributed by atoms with Gasteiger partial charge in [0.2, 0.25) is 0 Å². The largest absolute Gasteiger partial charge is 0.497 e. The molecule has 3 aromatic rings. The van der Waals surface area contributed by atoms with Crippen LogP contribution in [-0.2, 0) is 13.1 Å². The Morgan fingerprint density at radius 1 is 1.04 bits per heavy atom. The van der Waals surface area contributed by atoms with E-state index in [1.165, 1.54) is 0 Å². The minimum absolute atomic E-state index is 0.0990. The molecule has 0 radical (unpaired) electrons. The number of furan rings is 1. The van der Waals surface area contributed by atoms with E-state index in [0.717, 1.165) is 42.4 Å². The standard InChI is InChI=1S/C22H23N3O3/c1-27-17-8-6-16(7-9-17)12-25-21-15-23(13-18-4-3-11-28-18)14-20(21)24-10-2-5-19(24)22(25)26/h2-11,20-21H,12-15H2,1H3/t20-,21-/m1/s1.